The molecule has 19 heavy (non-hydrogen) atoms. The highest BCUT2D eigenvalue weighted by Crippen LogP contribution is 2.28. The van der Waals surface area contributed by atoms with Crippen molar-refractivity contribution in [2.75, 3.05) is 20.3 Å². The van der Waals surface area contributed by atoms with Gasteiger partial charge in [0.2, 0.25) is 11.7 Å². The van der Waals surface area contributed by atoms with E-state index in [0.29, 0.717) is 35.6 Å². The first-order chi connectivity index (χ1) is 9.29. The predicted octanol–water partition coefficient (Wildman–Crippen LogP) is 1.49. The maximum Gasteiger partial charge on any atom is 0.234 e. The number of hydrogen-bond acceptors (Lipinski definition) is 6. The van der Waals surface area contributed by atoms with Crippen molar-refractivity contribution >= 4 is 11.6 Å². The van der Waals surface area contributed by atoms with Gasteiger partial charge in [-0.15, -0.1) is 0 Å². The van der Waals surface area contributed by atoms with E-state index in [2.05, 4.69) is 20.4 Å². The van der Waals surface area contributed by atoms with Gasteiger partial charge >= 0.3 is 0 Å². The summed E-state index contributed by atoms with van der Waals surface area (Å²) in [6.07, 6.45) is 1.65. The summed E-state index contributed by atoms with van der Waals surface area (Å²) in [5.74, 6) is 1.02. The first-order valence-corrected chi connectivity index (χ1v) is 6.37. The molecule has 2 atom stereocenters. The Balaban J connectivity index is 1.90. The van der Waals surface area contributed by atoms with E-state index in [1.807, 2.05) is 7.05 Å². The van der Waals surface area contributed by atoms with E-state index in [1.165, 1.54) is 0 Å². The van der Waals surface area contributed by atoms with Gasteiger partial charge in [0.1, 0.15) is 5.69 Å². The summed E-state index contributed by atoms with van der Waals surface area (Å²) in [5.41, 5.74) is 0.527. The van der Waals surface area contributed by atoms with Gasteiger partial charge in [-0.05, 0) is 19.2 Å². The monoisotopic (exact) mass is 280 g/mol. The topological polar surface area (TPSA) is 73.1 Å². The van der Waals surface area contributed by atoms with Crippen LogP contribution in [0.3, 0.4) is 0 Å². The molecular weight excluding hydrogens is 268 g/mol. The lowest BCUT2D eigenvalue weighted by Crippen LogP contribution is -2.31. The van der Waals surface area contributed by atoms with Crippen molar-refractivity contribution < 1.29 is 9.26 Å². The summed E-state index contributed by atoms with van der Waals surface area (Å²) < 4.78 is 10.7. The molecule has 1 aliphatic rings. The van der Waals surface area contributed by atoms with Crippen molar-refractivity contribution in [1.29, 1.82) is 0 Å². The molecule has 1 N–H and O–H groups in total. The van der Waals surface area contributed by atoms with Gasteiger partial charge in [-0.1, -0.05) is 16.8 Å². The van der Waals surface area contributed by atoms with Crippen LogP contribution < -0.4 is 5.32 Å². The molecule has 0 bridgehead atoms. The van der Waals surface area contributed by atoms with Crippen LogP contribution in [-0.2, 0) is 4.74 Å². The fourth-order valence-electron chi connectivity index (χ4n) is 2.11. The van der Waals surface area contributed by atoms with Crippen LogP contribution in [0.5, 0.6) is 0 Å². The summed E-state index contributed by atoms with van der Waals surface area (Å²) >= 11 is 6.06. The Bertz CT molecular complexity index is 574. The Hall–Kier alpha value is -1.50. The van der Waals surface area contributed by atoms with Gasteiger partial charge in [-0.25, -0.2) is 0 Å². The zero-order chi connectivity index (χ0) is 13.2. The maximum atomic E-state index is 6.06. The number of hydrogen-bond donors (Lipinski definition) is 1. The van der Waals surface area contributed by atoms with E-state index >= 15 is 0 Å². The second kappa shape index (κ2) is 5.24. The molecule has 0 spiro atoms. The largest absolute Gasteiger partial charge is 0.379 e. The lowest BCUT2D eigenvalue weighted by molar-refractivity contribution is 0.185. The molecule has 2 unspecified atom stereocenters. The number of ether oxygens (including phenoxy) is 1. The Morgan fingerprint density at radius 3 is 3.11 bits per heavy atom. The van der Waals surface area contributed by atoms with Crippen LogP contribution in [-0.4, -0.2) is 41.4 Å². The summed E-state index contributed by atoms with van der Waals surface area (Å²) in [6.45, 7) is 1.21. The van der Waals surface area contributed by atoms with Crippen LogP contribution >= 0.6 is 11.6 Å². The molecule has 1 saturated heterocycles. The van der Waals surface area contributed by atoms with Gasteiger partial charge in [-0.3, -0.25) is 4.98 Å². The van der Waals surface area contributed by atoms with E-state index < -0.39 is 0 Å². The lowest BCUT2D eigenvalue weighted by Gasteiger charge is -2.11. The number of nitrogens with one attached hydrogen (secondary N) is 1. The third-order valence-electron chi connectivity index (χ3n) is 3.18. The average molecular weight is 281 g/mol. The normalized spacial score (nSPS) is 22.8. The minimum absolute atomic E-state index is 0.0636. The second-order valence-corrected chi connectivity index (χ2v) is 4.74. The summed E-state index contributed by atoms with van der Waals surface area (Å²) in [4.78, 5) is 8.54. The molecule has 0 radical (unpaired) electrons. The quantitative estimate of drug-likeness (QED) is 0.918. The van der Waals surface area contributed by atoms with Gasteiger partial charge < -0.3 is 14.6 Å². The maximum absolute atomic E-state index is 6.06. The standard InChI is InChI=1S/C12H13ClN4O2/c1-14-9-6-18-5-7(9)12-16-11(17-19-12)10-8(13)3-2-4-15-10/h2-4,7,9,14H,5-6H2,1H3. The number of rotatable bonds is 3. The van der Waals surface area contributed by atoms with Gasteiger partial charge in [-0.2, -0.15) is 4.98 Å². The van der Waals surface area contributed by atoms with Crippen molar-refractivity contribution in [3.8, 4) is 11.5 Å². The number of aromatic nitrogens is 3. The zero-order valence-corrected chi connectivity index (χ0v) is 11.1. The summed E-state index contributed by atoms with van der Waals surface area (Å²) in [7, 11) is 1.89. The highest BCUT2D eigenvalue weighted by atomic mass is 35.5. The Labute approximate surface area is 115 Å². The molecule has 6 nitrogen and oxygen atoms in total. The Morgan fingerprint density at radius 1 is 1.42 bits per heavy atom. The molecule has 0 saturated carbocycles. The van der Waals surface area contributed by atoms with Crippen molar-refractivity contribution in [2.45, 2.75) is 12.0 Å². The first-order valence-electron chi connectivity index (χ1n) is 5.99. The molecule has 1 aliphatic heterocycles. The fourth-order valence-corrected chi connectivity index (χ4v) is 2.32. The van der Waals surface area contributed by atoms with Crippen molar-refractivity contribution in [3.63, 3.8) is 0 Å². The van der Waals surface area contributed by atoms with Crippen molar-refractivity contribution in [2.24, 2.45) is 0 Å². The van der Waals surface area contributed by atoms with E-state index in [1.54, 1.807) is 18.3 Å². The zero-order valence-electron chi connectivity index (χ0n) is 10.3. The van der Waals surface area contributed by atoms with Crippen LogP contribution in [0.1, 0.15) is 11.8 Å². The van der Waals surface area contributed by atoms with Crippen molar-refractivity contribution in [3.05, 3.63) is 29.2 Å². The lowest BCUT2D eigenvalue weighted by atomic mass is 10.0. The Morgan fingerprint density at radius 2 is 2.32 bits per heavy atom. The SMILES string of the molecule is CNC1COCC1c1nc(-c2ncccc2Cl)no1. The van der Waals surface area contributed by atoms with E-state index in [9.17, 15) is 0 Å². The van der Waals surface area contributed by atoms with Crippen LogP contribution in [0.4, 0.5) is 0 Å². The van der Waals surface area contributed by atoms with Gasteiger partial charge in [0, 0.05) is 12.2 Å². The number of pyridine rings is 1. The van der Waals surface area contributed by atoms with Crippen LogP contribution in [0.15, 0.2) is 22.9 Å². The highest BCUT2D eigenvalue weighted by molar-refractivity contribution is 6.32. The fraction of sp³-hybridized carbons (Fsp3) is 0.417. The second-order valence-electron chi connectivity index (χ2n) is 4.33. The van der Waals surface area contributed by atoms with E-state index in [4.69, 9.17) is 20.9 Å². The van der Waals surface area contributed by atoms with Crippen LogP contribution in [0, 0.1) is 0 Å². The number of nitrogens with zero attached hydrogens (tertiary/aromatic N) is 3. The molecule has 0 aromatic carbocycles. The molecule has 1 fully saturated rings. The summed E-state index contributed by atoms with van der Waals surface area (Å²) in [6, 6.07) is 3.69. The molecule has 2 aromatic rings. The van der Waals surface area contributed by atoms with Crippen molar-refractivity contribution in [1.82, 2.24) is 20.4 Å². The minimum Gasteiger partial charge on any atom is -0.379 e. The molecule has 3 heterocycles. The molecular formula is C12H13ClN4O2. The van der Waals surface area contributed by atoms with Crippen LogP contribution in [0.2, 0.25) is 5.02 Å². The molecule has 0 amide bonds. The minimum atomic E-state index is 0.0636. The third kappa shape index (κ3) is 2.34. The van der Waals surface area contributed by atoms with Gasteiger partial charge in [0.05, 0.1) is 24.2 Å². The molecule has 3 rings (SSSR count). The number of halogens is 1. The highest BCUT2D eigenvalue weighted by Gasteiger charge is 2.33. The Kier molecular flexibility index (Phi) is 3.46. The molecule has 0 aliphatic carbocycles. The number of likely N-dealkylation sites (N-methyl/N-ethyl adjacent to an activating group) is 1. The predicted molar refractivity (Wildman–Crippen MR) is 68.9 cm³/mol. The van der Waals surface area contributed by atoms with E-state index in [0.717, 1.165) is 0 Å². The molecule has 7 heteroatoms. The van der Waals surface area contributed by atoms with E-state index in [-0.39, 0.29) is 12.0 Å². The average Bonchev–Trinajstić information content (AvgIpc) is 3.07. The third-order valence-corrected chi connectivity index (χ3v) is 3.49. The van der Waals surface area contributed by atoms with Gasteiger partial charge in [0.15, 0.2) is 0 Å². The van der Waals surface area contributed by atoms with Gasteiger partial charge in [0.25, 0.3) is 0 Å². The molecule has 100 valence electrons. The summed E-state index contributed by atoms with van der Waals surface area (Å²) in [5, 5.41) is 7.63. The first kappa shape index (κ1) is 12.5. The smallest absolute Gasteiger partial charge is 0.234 e. The molecule has 2 aromatic heterocycles. The van der Waals surface area contributed by atoms with Crippen LogP contribution in [0.25, 0.3) is 11.5 Å².